The minimum atomic E-state index is -3.83. The average Bonchev–Trinajstić information content (AvgIpc) is 2.83. The normalized spacial score (nSPS) is 15.6. The van der Waals surface area contributed by atoms with Crippen LogP contribution in [0.3, 0.4) is 0 Å². The lowest BCUT2D eigenvalue weighted by molar-refractivity contribution is -0.110. The molecule has 0 aromatic heterocycles. The highest BCUT2D eigenvalue weighted by atomic mass is 32.2. The largest absolute Gasteiger partial charge is 0.399 e. The Labute approximate surface area is 145 Å². The van der Waals surface area contributed by atoms with Gasteiger partial charge >= 0.3 is 0 Å². The zero-order chi connectivity index (χ0) is 18.4. The molecule has 3 rings (SSSR count). The number of nitrogen functional groups attached to an aromatic ring is 1. The van der Waals surface area contributed by atoms with Crippen molar-refractivity contribution in [1.82, 2.24) is 0 Å². The number of nitrogens with two attached hydrogens (primary N) is 2. The summed E-state index contributed by atoms with van der Waals surface area (Å²) in [5, 5.41) is 11.1. The van der Waals surface area contributed by atoms with Gasteiger partial charge in [0.05, 0.1) is 10.5 Å². The van der Waals surface area contributed by atoms with Crippen LogP contribution in [-0.4, -0.2) is 14.3 Å². The molecule has 1 amide bonds. The number of hydrogen-bond donors (Lipinski definition) is 4. The van der Waals surface area contributed by atoms with Crippen molar-refractivity contribution in [1.29, 1.82) is 0 Å². The number of aryl methyl sites for hydroxylation is 1. The van der Waals surface area contributed by atoms with Crippen molar-refractivity contribution in [3.05, 3.63) is 53.2 Å². The van der Waals surface area contributed by atoms with Crippen molar-refractivity contribution < 1.29 is 13.2 Å². The van der Waals surface area contributed by atoms with Gasteiger partial charge < -0.3 is 16.4 Å². The first-order valence-electron chi connectivity index (χ1n) is 7.49. The Kier molecular flexibility index (Phi) is 4.02. The number of carbonyl (C=O) groups excluding carboxylic acids is 1. The second-order valence-electron chi connectivity index (χ2n) is 5.91. The molecule has 0 saturated heterocycles. The molecule has 0 unspecified atom stereocenters. The number of primary sulfonamides is 1. The Balaban J connectivity index is 2.04. The zero-order valence-electron chi connectivity index (χ0n) is 13.8. The first kappa shape index (κ1) is 17.0. The molecule has 0 radical (unpaired) electrons. The predicted molar refractivity (Wildman–Crippen MR) is 98.3 cm³/mol. The third-order valence-electron chi connectivity index (χ3n) is 3.99. The molecule has 2 aromatic carbocycles. The van der Waals surface area contributed by atoms with Gasteiger partial charge in [0, 0.05) is 28.3 Å². The smallest absolute Gasteiger partial charge is 0.258 e. The topological polar surface area (TPSA) is 127 Å². The molecular weight excluding hydrogens is 340 g/mol. The first-order valence-corrected chi connectivity index (χ1v) is 9.04. The van der Waals surface area contributed by atoms with Crippen LogP contribution in [0.25, 0.3) is 5.57 Å². The van der Waals surface area contributed by atoms with E-state index in [-0.39, 0.29) is 10.8 Å². The number of benzene rings is 2. The molecule has 6 N–H and O–H groups in total. The molecule has 1 heterocycles. The molecule has 0 bridgehead atoms. The highest BCUT2D eigenvalue weighted by Gasteiger charge is 2.26. The van der Waals surface area contributed by atoms with Crippen molar-refractivity contribution in [2.24, 2.45) is 5.14 Å². The number of hydrogen-bond acceptors (Lipinski definition) is 5. The van der Waals surface area contributed by atoms with Crippen LogP contribution in [0.2, 0.25) is 0 Å². The molecule has 0 atom stereocenters. The maximum atomic E-state index is 12.3. The SMILES string of the molecule is C/C(Nc1ccc(C)c(S(N)(=O)=O)c1)=C1/C(=O)Nc2ccc(N)cc21. The molecule has 0 saturated carbocycles. The zero-order valence-corrected chi connectivity index (χ0v) is 14.6. The summed E-state index contributed by atoms with van der Waals surface area (Å²) < 4.78 is 23.3. The summed E-state index contributed by atoms with van der Waals surface area (Å²) in [5.41, 5.74) is 9.85. The van der Waals surface area contributed by atoms with E-state index in [2.05, 4.69) is 10.6 Å². The fourth-order valence-corrected chi connectivity index (χ4v) is 3.63. The molecule has 25 heavy (non-hydrogen) atoms. The van der Waals surface area contributed by atoms with Gasteiger partial charge in [0.25, 0.3) is 5.91 Å². The van der Waals surface area contributed by atoms with Crippen LogP contribution in [0.1, 0.15) is 18.1 Å². The van der Waals surface area contributed by atoms with Crippen molar-refractivity contribution in [2.45, 2.75) is 18.7 Å². The number of sulfonamides is 1. The van der Waals surface area contributed by atoms with E-state index in [1.165, 1.54) is 6.07 Å². The Hall–Kier alpha value is -2.84. The summed E-state index contributed by atoms with van der Waals surface area (Å²) in [6.45, 7) is 3.40. The van der Waals surface area contributed by atoms with Gasteiger partial charge in [0.2, 0.25) is 10.0 Å². The monoisotopic (exact) mass is 358 g/mol. The summed E-state index contributed by atoms with van der Waals surface area (Å²) in [7, 11) is -3.83. The van der Waals surface area contributed by atoms with Crippen LogP contribution in [0.4, 0.5) is 17.1 Å². The standard InChI is InChI=1S/C17H18N4O3S/c1-9-3-5-12(8-15(9)25(19,23)24)20-10(2)16-13-7-11(18)4-6-14(13)21-17(16)22/h3-8,20H,18H2,1-2H3,(H,21,22)(H2,19,23,24)/b16-10-. The Morgan fingerprint density at radius 2 is 1.88 bits per heavy atom. The lowest BCUT2D eigenvalue weighted by atomic mass is 10.0. The van der Waals surface area contributed by atoms with Gasteiger partial charge in [0.1, 0.15) is 0 Å². The summed E-state index contributed by atoms with van der Waals surface area (Å²) in [4.78, 5) is 12.3. The van der Waals surface area contributed by atoms with E-state index in [1.807, 2.05) is 0 Å². The van der Waals surface area contributed by atoms with Gasteiger partial charge in [-0.25, -0.2) is 13.6 Å². The van der Waals surface area contributed by atoms with Gasteiger partial charge in [-0.1, -0.05) is 6.07 Å². The second-order valence-corrected chi connectivity index (χ2v) is 7.44. The maximum absolute atomic E-state index is 12.3. The fraction of sp³-hybridized carbons (Fsp3) is 0.118. The lowest BCUT2D eigenvalue weighted by Crippen LogP contribution is -2.14. The van der Waals surface area contributed by atoms with E-state index in [1.54, 1.807) is 44.2 Å². The third kappa shape index (κ3) is 3.21. The van der Waals surface area contributed by atoms with Gasteiger partial charge in [-0.15, -0.1) is 0 Å². The number of nitrogens with one attached hydrogen (secondary N) is 2. The van der Waals surface area contributed by atoms with E-state index >= 15 is 0 Å². The lowest BCUT2D eigenvalue weighted by Gasteiger charge is -2.12. The third-order valence-corrected chi connectivity index (χ3v) is 5.04. The van der Waals surface area contributed by atoms with Crippen LogP contribution in [0.5, 0.6) is 0 Å². The number of allylic oxidation sites excluding steroid dienone is 1. The number of carbonyl (C=O) groups is 1. The highest BCUT2D eigenvalue weighted by Crippen LogP contribution is 2.35. The molecule has 0 aliphatic carbocycles. The van der Waals surface area contributed by atoms with E-state index in [9.17, 15) is 13.2 Å². The van der Waals surface area contributed by atoms with E-state index < -0.39 is 10.0 Å². The van der Waals surface area contributed by atoms with Gasteiger partial charge in [0.15, 0.2) is 0 Å². The highest BCUT2D eigenvalue weighted by molar-refractivity contribution is 7.89. The van der Waals surface area contributed by atoms with Gasteiger partial charge in [-0.3, -0.25) is 4.79 Å². The summed E-state index contributed by atoms with van der Waals surface area (Å²) in [5.74, 6) is -0.246. The quantitative estimate of drug-likeness (QED) is 0.493. The van der Waals surface area contributed by atoms with Gasteiger partial charge in [-0.2, -0.15) is 0 Å². The molecule has 0 fully saturated rings. The molecule has 1 aliphatic rings. The maximum Gasteiger partial charge on any atom is 0.258 e. The van der Waals surface area contributed by atoms with Crippen LogP contribution >= 0.6 is 0 Å². The fourth-order valence-electron chi connectivity index (χ4n) is 2.82. The first-order chi connectivity index (χ1) is 11.7. The molecule has 7 nitrogen and oxygen atoms in total. The van der Waals surface area contributed by atoms with Crippen LogP contribution in [0.15, 0.2) is 47.0 Å². The summed E-state index contributed by atoms with van der Waals surface area (Å²) >= 11 is 0. The molecule has 8 heteroatoms. The number of anilines is 3. The van der Waals surface area contributed by atoms with Gasteiger partial charge in [-0.05, 0) is 49.7 Å². The van der Waals surface area contributed by atoms with Crippen LogP contribution < -0.4 is 21.5 Å². The average molecular weight is 358 g/mol. The van der Waals surface area contributed by atoms with Crippen molar-refractivity contribution >= 4 is 38.6 Å². The molecular formula is C17H18N4O3S. The van der Waals surface area contributed by atoms with Crippen molar-refractivity contribution in [3.8, 4) is 0 Å². The minimum absolute atomic E-state index is 0.0378. The van der Waals surface area contributed by atoms with Crippen molar-refractivity contribution in [2.75, 3.05) is 16.4 Å². The van der Waals surface area contributed by atoms with E-state index in [0.717, 1.165) is 0 Å². The van der Waals surface area contributed by atoms with E-state index in [0.29, 0.717) is 39.5 Å². The Bertz CT molecular complexity index is 1030. The summed E-state index contributed by atoms with van der Waals surface area (Å²) in [6, 6.07) is 10.00. The number of rotatable bonds is 3. The number of fused-ring (bicyclic) bond motifs is 1. The number of amides is 1. The molecule has 2 aromatic rings. The van der Waals surface area contributed by atoms with Crippen LogP contribution in [-0.2, 0) is 14.8 Å². The van der Waals surface area contributed by atoms with E-state index in [4.69, 9.17) is 10.9 Å². The van der Waals surface area contributed by atoms with Crippen LogP contribution in [0, 0.1) is 6.92 Å². The Morgan fingerprint density at radius 3 is 2.56 bits per heavy atom. The molecule has 130 valence electrons. The predicted octanol–water partition coefficient (Wildman–Crippen LogP) is 2.02. The van der Waals surface area contributed by atoms with Crippen molar-refractivity contribution in [3.63, 3.8) is 0 Å². The molecule has 1 aliphatic heterocycles. The Morgan fingerprint density at radius 1 is 1.16 bits per heavy atom. The second kappa shape index (κ2) is 5.91. The molecule has 0 spiro atoms. The minimum Gasteiger partial charge on any atom is -0.399 e. The summed E-state index contributed by atoms with van der Waals surface area (Å²) in [6.07, 6.45) is 0.